The summed E-state index contributed by atoms with van der Waals surface area (Å²) in [5, 5.41) is 43.5. The Morgan fingerprint density at radius 1 is 0.470 bits per heavy atom. The highest BCUT2D eigenvalue weighted by Crippen LogP contribution is 2.40. The Balaban J connectivity index is 0.000000249. The standard InChI is InChI=1S/C30H35ClN6O3S.C22H18ClFN4O3S.C16H20BFN2O2.C11H9Cl2N3O3S.C8H18N2.C6H6ClNOS.C5H4Cl2N2O.3CH4.H2O/c1-5-19-14-20(15-21-17-32-30(34-28(19)21)33-22-10-12-24(13-11-22)37(2)3)29-26(40-4)16-23(35-36-29)18-41(38,39)27-9-7-6-8-25(27)31;1-3-13-8-14(9-15-11-25-22(24)26-20(13)15)21-18(31-2)10-16(27-28-21)12-32(29,30)19-7-5-4-6-17(19)23;1-6-10-7-12(8-11-9-19-14(18)20-13(10)11)17-21-15(2,3)16(4,5)22-17;1-19-8-6-10(14-15-11(8)13)16-20(17,18)9-5-3-2-4-7(9)12;1-10(2)8-5-3-7(9)4-6-8;7-5-3-1-2-4-6(5)10(8)9;1-10-3-2-4(6)8-9-5(3)7;;;;/h6-9,14-17,22,24H,5,10-13,18H2,1-4H3,(H,32,33,34);4-11H,3,12H2,1-2H3;7-9H,6H2,1-5H3;2-6H,1H3,(H,14,16);7-8H,3-6,9H2,1-2H3;1-4H,8H2;2H,1H3;3*1H4;1H2. The van der Waals surface area contributed by atoms with Crippen LogP contribution in [0.15, 0.2) is 196 Å². The molecule has 14 aromatic rings. The van der Waals surface area contributed by atoms with E-state index in [9.17, 15) is 38.2 Å². The highest BCUT2D eigenvalue weighted by Gasteiger charge is 2.52. The van der Waals surface area contributed by atoms with Gasteiger partial charge in [0.05, 0.1) is 114 Å². The SMILES string of the molecule is C.C.C.CCc1cc(-c2nnc(CS(=O)(=O)c3ccccc3Cl)cc2OC)cc2cnc(F)nc12.CCc1cc(-c2nnc(CS(=O)(=O)c3ccccc3Cl)cc2OC)cc2cnc(NC3CCC(N(C)C)CC3)nc12.CCc1cc(B2OC(C)(C)C(C)(C)O2)cc2cnc(F)nc12.CN(C)C1CCC(N)CC1.COc1cc(Cl)nnc1Cl.COc1cc(NS(=O)(=O)c2ccccc2Cl)nnc1Cl.NS(=O)c1ccccc1Cl.O. The number of hydrogen-bond acceptors (Lipinski definition) is 31. The molecule has 0 radical (unpaired) electrons. The zero-order valence-corrected chi connectivity index (χ0v) is 91.0. The molecule has 0 spiro atoms. The highest BCUT2D eigenvalue weighted by atomic mass is 35.5. The topological polar surface area (TPSA) is 469 Å². The molecular formula is C101H124BCl7F2N20O14S4. The molecule has 17 rings (SSSR count). The second kappa shape index (κ2) is 56.6. The number of hydrogen-bond donors (Lipinski definition) is 4. The molecule has 1 unspecified atom stereocenters. The number of sulfonamides is 1. The summed E-state index contributed by atoms with van der Waals surface area (Å²) in [6.07, 6.45) is 14.9. The Kier molecular flexibility index (Phi) is 47.6. The zero-order valence-electron chi connectivity index (χ0n) is 82.5. The first-order valence-corrected chi connectivity index (χ1v) is 54.1. The average molecular weight is 2270 g/mol. The number of aryl methyl sites for hydroxylation is 3. The molecule has 1 atom stereocenters. The zero-order chi connectivity index (χ0) is 106. The van der Waals surface area contributed by atoms with Crippen molar-refractivity contribution in [3.63, 3.8) is 0 Å². The van der Waals surface area contributed by atoms with Crippen LogP contribution >= 0.6 is 81.2 Å². The Hall–Kier alpha value is -10.6. The van der Waals surface area contributed by atoms with Crippen molar-refractivity contribution in [2.24, 2.45) is 10.9 Å². The number of nitrogens with one attached hydrogen (secondary N) is 2. The van der Waals surface area contributed by atoms with Gasteiger partial charge in [0.15, 0.2) is 52.5 Å². The summed E-state index contributed by atoms with van der Waals surface area (Å²) in [6.45, 7) is 14.1. The number of aromatic nitrogens is 14. The predicted octanol–water partition coefficient (Wildman–Crippen LogP) is 20.2. The van der Waals surface area contributed by atoms with Gasteiger partial charge in [-0.3, -0.25) is 4.72 Å². The number of methoxy groups -OCH3 is 4. The molecule has 2 saturated carbocycles. The summed E-state index contributed by atoms with van der Waals surface area (Å²) in [4.78, 5) is 29.7. The number of nitrogens with two attached hydrogens (primary N) is 2. The predicted molar refractivity (Wildman–Crippen MR) is 590 cm³/mol. The Morgan fingerprint density at radius 3 is 1.27 bits per heavy atom. The molecule has 802 valence electrons. The number of sulfone groups is 2. The normalized spacial score (nSPS) is 15.6. The van der Waals surface area contributed by atoms with Gasteiger partial charge in [-0.2, -0.15) is 19.0 Å². The van der Waals surface area contributed by atoms with Crippen LogP contribution in [0, 0.1) is 12.2 Å². The van der Waals surface area contributed by atoms with Gasteiger partial charge in [0, 0.05) is 94.3 Å². The van der Waals surface area contributed by atoms with E-state index in [0.29, 0.717) is 91.0 Å². The lowest BCUT2D eigenvalue weighted by atomic mass is 9.77. The first-order chi connectivity index (χ1) is 68.8. The van der Waals surface area contributed by atoms with Gasteiger partial charge in [0.25, 0.3) is 10.0 Å². The van der Waals surface area contributed by atoms with Gasteiger partial charge in [-0.05, 0) is 221 Å². The summed E-state index contributed by atoms with van der Waals surface area (Å²) >= 11 is 40.4. The summed E-state index contributed by atoms with van der Waals surface area (Å²) < 4.78 is 149. The Labute approximate surface area is 907 Å². The van der Waals surface area contributed by atoms with Crippen LogP contribution in [-0.2, 0) is 80.8 Å². The van der Waals surface area contributed by atoms with Gasteiger partial charge < -0.3 is 54.6 Å². The van der Waals surface area contributed by atoms with E-state index in [1.165, 1.54) is 115 Å². The minimum Gasteiger partial charge on any atom is -0.494 e. The molecule has 0 amide bonds. The van der Waals surface area contributed by atoms with Gasteiger partial charge in [0.2, 0.25) is 5.95 Å². The lowest BCUT2D eigenvalue weighted by molar-refractivity contribution is 0.00578. The third kappa shape index (κ3) is 33.4. The molecule has 3 fully saturated rings. The van der Waals surface area contributed by atoms with E-state index in [0.717, 1.165) is 88.6 Å². The van der Waals surface area contributed by atoms with Crippen molar-refractivity contribution in [2.75, 3.05) is 66.7 Å². The van der Waals surface area contributed by atoms with Crippen LogP contribution in [-0.4, -0.2) is 215 Å². The molecule has 34 nitrogen and oxygen atoms in total. The largest absolute Gasteiger partial charge is 0.494 e. The van der Waals surface area contributed by atoms with Crippen molar-refractivity contribution in [3.8, 4) is 45.5 Å². The molecule has 8 N–H and O–H groups in total. The molecule has 1 saturated heterocycles. The number of rotatable bonds is 24. The van der Waals surface area contributed by atoms with Gasteiger partial charge in [0.1, 0.15) is 38.8 Å². The summed E-state index contributed by atoms with van der Waals surface area (Å²) in [5.74, 6) is 1.32. The minimum atomic E-state index is -3.86. The first-order valence-electron chi connectivity index (χ1n) is 45.5. The summed E-state index contributed by atoms with van der Waals surface area (Å²) in [7, 11) is 1.23. The first kappa shape index (κ1) is 125. The third-order valence-electron chi connectivity index (χ3n) is 24.0. The fraction of sp³-hybridized carbons (Fsp3) is 0.366. The average Bonchev–Trinajstić information content (AvgIpc) is 1.61. The Bertz CT molecular complexity index is 7280. The molecule has 1 aliphatic heterocycles. The van der Waals surface area contributed by atoms with Crippen molar-refractivity contribution in [3.05, 3.63) is 252 Å². The van der Waals surface area contributed by atoms with Gasteiger partial charge in [-0.1, -0.05) is 185 Å². The number of nitrogens with zero attached hydrogens (tertiary/aromatic N) is 16. The summed E-state index contributed by atoms with van der Waals surface area (Å²) in [6, 6.07) is 45.2. The van der Waals surface area contributed by atoms with E-state index in [-0.39, 0.29) is 107 Å². The Morgan fingerprint density at radius 2 is 0.859 bits per heavy atom. The molecule has 3 aliphatic rings. The molecule has 8 heterocycles. The number of halogens is 9. The van der Waals surface area contributed by atoms with Crippen LogP contribution in [0.5, 0.6) is 23.0 Å². The van der Waals surface area contributed by atoms with Crippen LogP contribution < -0.4 is 45.3 Å². The third-order valence-corrected chi connectivity index (χ3v) is 32.1. The van der Waals surface area contributed by atoms with Crippen molar-refractivity contribution in [1.29, 1.82) is 0 Å². The van der Waals surface area contributed by atoms with E-state index in [1.54, 1.807) is 78.9 Å². The van der Waals surface area contributed by atoms with Crippen LogP contribution in [0.1, 0.15) is 150 Å². The summed E-state index contributed by atoms with van der Waals surface area (Å²) in [5.41, 5.74) is 13.7. The maximum atomic E-state index is 13.5. The van der Waals surface area contributed by atoms with Crippen LogP contribution in [0.25, 0.3) is 55.2 Å². The van der Waals surface area contributed by atoms with E-state index in [2.05, 4.69) is 121 Å². The second-order valence-corrected chi connectivity index (χ2v) is 44.1. The maximum Gasteiger partial charge on any atom is 0.494 e. The van der Waals surface area contributed by atoms with E-state index in [1.807, 2.05) is 78.1 Å². The highest BCUT2D eigenvalue weighted by molar-refractivity contribution is 7.93. The van der Waals surface area contributed by atoms with Crippen molar-refractivity contribution in [2.45, 2.75) is 208 Å². The number of fused-ring (bicyclic) bond motifs is 3. The van der Waals surface area contributed by atoms with E-state index >= 15 is 0 Å². The van der Waals surface area contributed by atoms with E-state index in [4.69, 9.17) is 125 Å². The quantitative estimate of drug-likeness (QED) is 0.0322. The number of benzene rings is 7. The van der Waals surface area contributed by atoms with Crippen molar-refractivity contribution >= 4 is 179 Å². The smallest absolute Gasteiger partial charge is 0.494 e. The van der Waals surface area contributed by atoms with Crippen molar-refractivity contribution in [1.82, 2.24) is 80.5 Å². The number of anilines is 2. The van der Waals surface area contributed by atoms with Gasteiger partial charge >= 0.3 is 19.3 Å². The molecule has 7 aromatic heterocycles. The second-order valence-electron chi connectivity index (χ2n) is 34.8. The fourth-order valence-corrected chi connectivity index (χ4v) is 22.0. The fourth-order valence-electron chi connectivity index (χ4n) is 15.6. The molecular weight excluding hydrogens is 2140 g/mol. The van der Waals surface area contributed by atoms with Gasteiger partial charge in [-0.25, -0.2) is 64.5 Å². The molecule has 149 heavy (non-hydrogen) atoms. The lowest BCUT2D eigenvalue weighted by Gasteiger charge is -2.32. The molecule has 48 heteroatoms. The monoisotopic (exact) mass is 2260 g/mol. The molecule has 7 aromatic carbocycles. The minimum absolute atomic E-state index is 0. The number of ether oxygens (including phenoxy) is 4. The van der Waals surface area contributed by atoms with Crippen LogP contribution in [0.2, 0.25) is 35.5 Å². The molecule has 2 aliphatic carbocycles. The lowest BCUT2D eigenvalue weighted by Crippen LogP contribution is -2.41. The van der Waals surface area contributed by atoms with Crippen LogP contribution in [0.3, 0.4) is 0 Å². The van der Waals surface area contributed by atoms with Crippen molar-refractivity contribution < 1.29 is 72.0 Å². The molecule has 0 bridgehead atoms. The maximum absolute atomic E-state index is 13.5. The van der Waals surface area contributed by atoms with Gasteiger partial charge in [-0.15, -0.1) is 30.6 Å². The van der Waals surface area contributed by atoms with E-state index < -0.39 is 71.2 Å². The van der Waals surface area contributed by atoms with Crippen LogP contribution in [0.4, 0.5) is 20.5 Å².